The standard InChI is InChI=1S/C34H70NS2/c1-35(2)31-27-23-19-15-11-7-3-5-9-13-17-21-25-29-33-36-37-34-30-26-22-18-14-10-6-4-8-12-16-20-24-28-32-35/h3-34H2,1-2H3/q+1. The van der Waals surface area contributed by atoms with Gasteiger partial charge in [0.25, 0.3) is 0 Å². The Morgan fingerprint density at radius 2 is 0.459 bits per heavy atom. The van der Waals surface area contributed by atoms with Crippen LogP contribution in [0, 0.1) is 0 Å². The Morgan fingerprint density at radius 1 is 0.270 bits per heavy atom. The molecule has 0 radical (unpaired) electrons. The summed E-state index contributed by atoms with van der Waals surface area (Å²) >= 11 is 0. The molecule has 3 heteroatoms. The molecule has 0 amide bonds. The Bertz CT molecular complexity index is 402. The Kier molecular flexibility index (Phi) is 27.2. The second kappa shape index (κ2) is 28.2. The van der Waals surface area contributed by atoms with E-state index in [1.54, 1.807) is 0 Å². The third kappa shape index (κ3) is 28.0. The van der Waals surface area contributed by atoms with Gasteiger partial charge in [0.05, 0.1) is 27.2 Å². The lowest BCUT2D eigenvalue weighted by atomic mass is 10.0. The summed E-state index contributed by atoms with van der Waals surface area (Å²) < 4.78 is 1.25. The van der Waals surface area contributed by atoms with Gasteiger partial charge in [-0.15, -0.1) is 0 Å². The van der Waals surface area contributed by atoms with Crippen LogP contribution in [0.25, 0.3) is 0 Å². The highest BCUT2D eigenvalue weighted by atomic mass is 33.1. The molecule has 0 aliphatic carbocycles. The Balaban J connectivity index is 2.11. The third-order valence-corrected chi connectivity index (χ3v) is 11.1. The van der Waals surface area contributed by atoms with Crippen LogP contribution in [0.3, 0.4) is 0 Å². The molecule has 0 aromatic carbocycles. The van der Waals surface area contributed by atoms with Crippen LogP contribution in [0.5, 0.6) is 0 Å². The van der Waals surface area contributed by atoms with Crippen LogP contribution in [0.1, 0.15) is 180 Å². The summed E-state index contributed by atoms with van der Waals surface area (Å²) in [6.45, 7) is 2.77. The van der Waals surface area contributed by atoms with E-state index in [9.17, 15) is 0 Å². The summed E-state index contributed by atoms with van der Waals surface area (Å²) in [6, 6.07) is 0. The summed E-state index contributed by atoms with van der Waals surface area (Å²) in [6.07, 6.45) is 41.2. The van der Waals surface area contributed by atoms with E-state index in [0.717, 1.165) is 0 Å². The number of quaternary nitrogens is 1. The second-order valence-electron chi connectivity index (χ2n) is 12.9. The molecule has 0 unspecified atom stereocenters. The van der Waals surface area contributed by atoms with E-state index in [-0.39, 0.29) is 0 Å². The maximum absolute atomic E-state index is 2.47. The molecule has 37 heavy (non-hydrogen) atoms. The topological polar surface area (TPSA) is 0 Å². The fourth-order valence-electron chi connectivity index (χ4n) is 5.87. The molecular formula is C34H70NS2+. The fraction of sp³-hybridized carbons (Fsp3) is 1.00. The number of hydrogen-bond donors (Lipinski definition) is 0. The van der Waals surface area contributed by atoms with Crippen molar-refractivity contribution >= 4 is 21.6 Å². The molecule has 1 rings (SSSR count). The normalized spacial score (nSPS) is 24.8. The van der Waals surface area contributed by atoms with Crippen molar-refractivity contribution in [3.63, 3.8) is 0 Å². The first-order valence-corrected chi connectivity index (χ1v) is 19.8. The van der Waals surface area contributed by atoms with Gasteiger partial charge in [-0.2, -0.15) is 0 Å². The van der Waals surface area contributed by atoms with Crippen molar-refractivity contribution < 1.29 is 4.48 Å². The maximum atomic E-state index is 2.47. The molecule has 1 fully saturated rings. The number of rotatable bonds is 0. The van der Waals surface area contributed by atoms with Crippen molar-refractivity contribution in [3.8, 4) is 0 Å². The van der Waals surface area contributed by atoms with Gasteiger partial charge in [0, 0.05) is 11.5 Å². The predicted molar refractivity (Wildman–Crippen MR) is 176 cm³/mol. The first kappa shape index (κ1) is 35.7. The molecule has 0 aromatic heterocycles. The Hall–Kier alpha value is 0.660. The van der Waals surface area contributed by atoms with E-state index in [4.69, 9.17) is 0 Å². The van der Waals surface area contributed by atoms with E-state index in [2.05, 4.69) is 35.7 Å². The van der Waals surface area contributed by atoms with E-state index in [1.807, 2.05) is 0 Å². The zero-order valence-electron chi connectivity index (χ0n) is 25.9. The van der Waals surface area contributed by atoms with Gasteiger partial charge in [-0.25, -0.2) is 0 Å². The van der Waals surface area contributed by atoms with Gasteiger partial charge < -0.3 is 4.48 Å². The van der Waals surface area contributed by atoms with Gasteiger partial charge in [-0.05, 0) is 38.5 Å². The maximum Gasteiger partial charge on any atom is 0.0782 e. The molecule has 1 aliphatic heterocycles. The van der Waals surface area contributed by atoms with E-state index >= 15 is 0 Å². The van der Waals surface area contributed by atoms with Gasteiger partial charge in [-0.1, -0.05) is 163 Å². The van der Waals surface area contributed by atoms with Crippen molar-refractivity contribution in [1.29, 1.82) is 0 Å². The van der Waals surface area contributed by atoms with Crippen molar-refractivity contribution in [2.24, 2.45) is 0 Å². The van der Waals surface area contributed by atoms with Crippen LogP contribution >= 0.6 is 21.6 Å². The zero-order chi connectivity index (χ0) is 26.5. The molecule has 1 nitrogen and oxygen atoms in total. The number of nitrogens with zero attached hydrogens (tertiary/aromatic N) is 1. The van der Waals surface area contributed by atoms with E-state index < -0.39 is 0 Å². The summed E-state index contributed by atoms with van der Waals surface area (Å²) in [5, 5.41) is 0. The minimum atomic E-state index is 1.25. The van der Waals surface area contributed by atoms with E-state index in [1.165, 1.54) is 209 Å². The van der Waals surface area contributed by atoms with Gasteiger partial charge in [-0.3, -0.25) is 0 Å². The fourth-order valence-corrected chi connectivity index (χ4v) is 8.17. The van der Waals surface area contributed by atoms with Crippen molar-refractivity contribution in [1.82, 2.24) is 0 Å². The average molecular weight is 557 g/mol. The SMILES string of the molecule is C[N+]1(C)CCCCCCCCCCCCCCCCSSCCCCCCCCCCCCCCCC1. The lowest BCUT2D eigenvalue weighted by Crippen LogP contribution is -2.41. The molecule has 1 aliphatic rings. The van der Waals surface area contributed by atoms with Crippen LogP contribution in [-0.2, 0) is 0 Å². The first-order valence-electron chi connectivity index (χ1n) is 17.3. The zero-order valence-corrected chi connectivity index (χ0v) is 27.5. The predicted octanol–water partition coefficient (Wildman–Crippen LogP) is 12.4. The summed E-state index contributed by atoms with van der Waals surface area (Å²) in [5.41, 5.74) is 0. The first-order chi connectivity index (χ1) is 18.2. The summed E-state index contributed by atoms with van der Waals surface area (Å²) in [7, 11) is 9.22. The van der Waals surface area contributed by atoms with Crippen LogP contribution in [0.4, 0.5) is 0 Å². The van der Waals surface area contributed by atoms with Crippen molar-refractivity contribution in [2.75, 3.05) is 38.7 Å². The van der Waals surface area contributed by atoms with Gasteiger partial charge in [0.15, 0.2) is 0 Å². The van der Waals surface area contributed by atoms with Gasteiger partial charge in [0.1, 0.15) is 0 Å². The molecule has 0 spiro atoms. The van der Waals surface area contributed by atoms with Gasteiger partial charge in [0.2, 0.25) is 0 Å². The Morgan fingerprint density at radius 3 is 0.703 bits per heavy atom. The molecule has 1 heterocycles. The smallest absolute Gasteiger partial charge is 0.0782 e. The molecular weight excluding hydrogens is 487 g/mol. The van der Waals surface area contributed by atoms with Crippen molar-refractivity contribution in [3.05, 3.63) is 0 Å². The van der Waals surface area contributed by atoms with E-state index in [0.29, 0.717) is 0 Å². The summed E-state index contributed by atoms with van der Waals surface area (Å²) in [5.74, 6) is 2.75. The lowest BCUT2D eigenvalue weighted by molar-refractivity contribution is -0.890. The minimum Gasteiger partial charge on any atom is -0.328 e. The van der Waals surface area contributed by atoms with Crippen molar-refractivity contribution in [2.45, 2.75) is 180 Å². The molecule has 0 atom stereocenters. The highest BCUT2D eigenvalue weighted by Crippen LogP contribution is 2.25. The second-order valence-corrected chi connectivity index (χ2v) is 15.6. The van der Waals surface area contributed by atoms with Crippen LogP contribution < -0.4 is 0 Å². The highest BCUT2D eigenvalue weighted by molar-refractivity contribution is 8.76. The molecule has 0 bridgehead atoms. The molecule has 0 saturated carbocycles. The quantitative estimate of drug-likeness (QED) is 0.215. The molecule has 0 N–H and O–H groups in total. The average Bonchev–Trinajstić information content (AvgIpc) is 2.88. The summed E-state index contributed by atoms with van der Waals surface area (Å²) in [4.78, 5) is 0. The third-order valence-electron chi connectivity index (χ3n) is 8.57. The Labute approximate surface area is 243 Å². The minimum absolute atomic E-state index is 1.25. The van der Waals surface area contributed by atoms with Crippen LogP contribution in [0.2, 0.25) is 0 Å². The molecule has 222 valence electrons. The van der Waals surface area contributed by atoms with Crippen LogP contribution in [-0.4, -0.2) is 43.2 Å². The van der Waals surface area contributed by atoms with Crippen LogP contribution in [0.15, 0.2) is 0 Å². The molecule has 1 saturated heterocycles. The van der Waals surface area contributed by atoms with Gasteiger partial charge >= 0.3 is 0 Å². The lowest BCUT2D eigenvalue weighted by Gasteiger charge is -2.30. The largest absolute Gasteiger partial charge is 0.328 e. The number of hydrogen-bond acceptors (Lipinski definition) is 2. The monoisotopic (exact) mass is 556 g/mol. The molecule has 0 aromatic rings. The highest BCUT2D eigenvalue weighted by Gasteiger charge is 2.13.